The van der Waals surface area contributed by atoms with E-state index in [9.17, 15) is 8.42 Å². The quantitative estimate of drug-likeness (QED) is 0.637. The molecule has 2 fully saturated rings. The van der Waals surface area contributed by atoms with Crippen LogP contribution in [0.25, 0.3) is 0 Å². The minimum Gasteiger partial charge on any atom is -0.316 e. The lowest BCUT2D eigenvalue weighted by Crippen LogP contribution is -2.41. The molecule has 0 aromatic rings. The highest BCUT2D eigenvalue weighted by atomic mass is 32.2. The Morgan fingerprint density at radius 2 is 2.00 bits per heavy atom. The molecule has 1 aliphatic heterocycles. The summed E-state index contributed by atoms with van der Waals surface area (Å²) in [5.41, 5.74) is 0. The van der Waals surface area contributed by atoms with Crippen LogP contribution in [0.5, 0.6) is 0 Å². The van der Waals surface area contributed by atoms with Crippen LogP contribution in [-0.4, -0.2) is 45.4 Å². The zero-order valence-corrected chi connectivity index (χ0v) is 9.34. The van der Waals surface area contributed by atoms with Gasteiger partial charge in [-0.25, -0.2) is 0 Å². The molecule has 0 radical (unpaired) electrons. The van der Waals surface area contributed by atoms with E-state index in [1.807, 2.05) is 6.92 Å². The van der Waals surface area contributed by atoms with Gasteiger partial charge in [0.1, 0.15) is 0 Å². The van der Waals surface area contributed by atoms with Gasteiger partial charge < -0.3 is 5.32 Å². The molecule has 5 nitrogen and oxygen atoms in total. The summed E-state index contributed by atoms with van der Waals surface area (Å²) in [5.74, 6) is 1.05. The molecule has 14 heavy (non-hydrogen) atoms. The number of rotatable bonds is 4. The minimum atomic E-state index is -3.23. The van der Waals surface area contributed by atoms with Crippen LogP contribution in [0, 0.1) is 11.8 Å². The number of nitrogens with one attached hydrogen (secondary N) is 2. The van der Waals surface area contributed by atoms with Crippen LogP contribution in [-0.2, 0) is 10.2 Å². The highest BCUT2D eigenvalue weighted by Gasteiger charge is 2.54. The highest BCUT2D eigenvalue weighted by Crippen LogP contribution is 2.42. The fourth-order valence-corrected chi connectivity index (χ4v) is 3.24. The molecule has 2 atom stereocenters. The first-order valence-electron chi connectivity index (χ1n) is 5.00. The van der Waals surface area contributed by atoms with Crippen molar-refractivity contribution < 1.29 is 8.42 Å². The first-order chi connectivity index (χ1) is 6.56. The summed E-state index contributed by atoms with van der Waals surface area (Å²) in [7, 11) is -1.64. The average Bonchev–Trinajstić information content (AvgIpc) is 2.64. The van der Waals surface area contributed by atoms with E-state index in [2.05, 4.69) is 10.0 Å². The third-order valence-corrected chi connectivity index (χ3v) is 4.88. The summed E-state index contributed by atoms with van der Waals surface area (Å²) >= 11 is 0. The first-order valence-corrected chi connectivity index (χ1v) is 6.44. The molecule has 0 spiro atoms. The van der Waals surface area contributed by atoms with Crippen molar-refractivity contribution in [1.29, 1.82) is 0 Å². The van der Waals surface area contributed by atoms with E-state index in [0.29, 0.717) is 18.4 Å². The van der Waals surface area contributed by atoms with Crippen molar-refractivity contribution in [3.05, 3.63) is 0 Å². The third-order valence-electron chi connectivity index (χ3n) is 3.23. The molecule has 2 N–H and O–H groups in total. The number of hydrogen-bond acceptors (Lipinski definition) is 3. The summed E-state index contributed by atoms with van der Waals surface area (Å²) in [6.45, 7) is 4.24. The molecule has 1 saturated heterocycles. The maximum atomic E-state index is 11.6. The van der Waals surface area contributed by atoms with Crippen LogP contribution in [0.4, 0.5) is 0 Å². The average molecular weight is 219 g/mol. The Morgan fingerprint density at radius 1 is 1.43 bits per heavy atom. The number of piperidine rings is 1. The molecule has 0 amide bonds. The fraction of sp³-hybridized carbons (Fsp3) is 1.00. The van der Waals surface area contributed by atoms with E-state index < -0.39 is 10.2 Å². The van der Waals surface area contributed by atoms with Crippen LogP contribution in [0.3, 0.4) is 0 Å². The van der Waals surface area contributed by atoms with Crippen LogP contribution < -0.4 is 10.0 Å². The Balaban J connectivity index is 1.92. The normalized spacial score (nSPS) is 36.1. The van der Waals surface area contributed by atoms with E-state index in [4.69, 9.17) is 0 Å². The Bertz CT molecular complexity index is 307. The van der Waals surface area contributed by atoms with Crippen LogP contribution in [0.1, 0.15) is 6.92 Å². The standard InChI is InChI=1S/C8H17N3O2S/c1-3-11(2)14(12,13)10-8-6-4-9-5-7(6)8/h6-10H,3-5H2,1-2H3. The molecule has 0 aromatic heterocycles. The van der Waals surface area contributed by atoms with Crippen molar-refractivity contribution in [2.24, 2.45) is 11.8 Å². The lowest BCUT2D eigenvalue weighted by atomic mass is 10.4. The molecule has 0 aromatic carbocycles. The van der Waals surface area contributed by atoms with Gasteiger partial charge in [-0.15, -0.1) is 0 Å². The summed E-state index contributed by atoms with van der Waals surface area (Å²) in [4.78, 5) is 0. The van der Waals surface area contributed by atoms with E-state index in [1.165, 1.54) is 4.31 Å². The fourth-order valence-electron chi connectivity index (χ4n) is 2.03. The van der Waals surface area contributed by atoms with Crippen LogP contribution in [0.2, 0.25) is 0 Å². The lowest BCUT2D eigenvalue weighted by molar-refractivity contribution is 0.467. The molecule has 2 rings (SSSR count). The molecule has 2 aliphatic rings. The number of fused-ring (bicyclic) bond motifs is 1. The zero-order valence-electron chi connectivity index (χ0n) is 8.53. The van der Waals surface area contributed by atoms with Gasteiger partial charge in [0.15, 0.2) is 0 Å². The molecular weight excluding hydrogens is 202 g/mol. The predicted molar refractivity (Wildman–Crippen MR) is 54.0 cm³/mol. The molecule has 1 saturated carbocycles. The number of hydrogen-bond donors (Lipinski definition) is 2. The van der Waals surface area contributed by atoms with Crippen molar-refractivity contribution in [3.63, 3.8) is 0 Å². The molecule has 1 aliphatic carbocycles. The molecular formula is C8H17N3O2S. The Labute approximate surface area is 85.0 Å². The van der Waals surface area contributed by atoms with Crippen molar-refractivity contribution in [2.75, 3.05) is 26.7 Å². The second-order valence-electron chi connectivity index (χ2n) is 4.05. The van der Waals surface area contributed by atoms with Crippen molar-refractivity contribution >= 4 is 10.2 Å². The van der Waals surface area contributed by atoms with Gasteiger partial charge in [0.05, 0.1) is 0 Å². The van der Waals surface area contributed by atoms with Crippen molar-refractivity contribution in [3.8, 4) is 0 Å². The molecule has 6 heteroatoms. The number of nitrogens with zero attached hydrogens (tertiary/aromatic N) is 1. The summed E-state index contributed by atoms with van der Waals surface area (Å²) in [6.07, 6.45) is 0. The Hall–Kier alpha value is -0.170. The second kappa shape index (κ2) is 3.44. The van der Waals surface area contributed by atoms with E-state index in [1.54, 1.807) is 7.05 Å². The van der Waals surface area contributed by atoms with Gasteiger partial charge in [-0.05, 0) is 24.9 Å². The van der Waals surface area contributed by atoms with E-state index >= 15 is 0 Å². The Kier molecular flexibility index (Phi) is 2.55. The topological polar surface area (TPSA) is 61.4 Å². The van der Waals surface area contributed by atoms with Gasteiger partial charge in [-0.1, -0.05) is 6.92 Å². The monoisotopic (exact) mass is 219 g/mol. The van der Waals surface area contributed by atoms with E-state index in [-0.39, 0.29) is 6.04 Å². The van der Waals surface area contributed by atoms with Crippen LogP contribution in [0.15, 0.2) is 0 Å². The molecule has 82 valence electrons. The largest absolute Gasteiger partial charge is 0.316 e. The Morgan fingerprint density at radius 3 is 2.50 bits per heavy atom. The van der Waals surface area contributed by atoms with Gasteiger partial charge in [0, 0.05) is 19.6 Å². The maximum absolute atomic E-state index is 11.6. The zero-order chi connectivity index (χ0) is 10.3. The summed E-state index contributed by atoms with van der Waals surface area (Å²) in [5, 5.41) is 3.23. The summed E-state index contributed by atoms with van der Waals surface area (Å²) < 4.78 is 27.4. The smallest absolute Gasteiger partial charge is 0.279 e. The van der Waals surface area contributed by atoms with Gasteiger partial charge in [-0.2, -0.15) is 17.4 Å². The molecule has 2 unspecified atom stereocenters. The van der Waals surface area contributed by atoms with Gasteiger partial charge in [0.2, 0.25) is 0 Å². The second-order valence-corrected chi connectivity index (χ2v) is 5.86. The SMILES string of the molecule is CCN(C)S(=O)(=O)NC1C2CNCC21. The maximum Gasteiger partial charge on any atom is 0.279 e. The van der Waals surface area contributed by atoms with Gasteiger partial charge in [0.25, 0.3) is 10.2 Å². The molecule has 0 bridgehead atoms. The highest BCUT2D eigenvalue weighted by molar-refractivity contribution is 7.87. The van der Waals surface area contributed by atoms with Crippen molar-refractivity contribution in [2.45, 2.75) is 13.0 Å². The van der Waals surface area contributed by atoms with Gasteiger partial charge in [-0.3, -0.25) is 0 Å². The predicted octanol–water partition coefficient (Wildman–Crippen LogP) is -1.01. The molecule has 1 heterocycles. The minimum absolute atomic E-state index is 0.176. The van der Waals surface area contributed by atoms with E-state index in [0.717, 1.165) is 13.1 Å². The van der Waals surface area contributed by atoms with Gasteiger partial charge >= 0.3 is 0 Å². The lowest BCUT2D eigenvalue weighted by Gasteiger charge is -2.16. The van der Waals surface area contributed by atoms with Crippen LogP contribution >= 0.6 is 0 Å². The summed E-state index contributed by atoms with van der Waals surface area (Å²) in [6, 6.07) is 0.176. The van der Waals surface area contributed by atoms with Crippen molar-refractivity contribution in [1.82, 2.24) is 14.3 Å². The first kappa shape index (κ1) is 10.4. The third kappa shape index (κ3) is 1.67.